The van der Waals surface area contributed by atoms with Crippen molar-refractivity contribution < 1.29 is 33.4 Å². The van der Waals surface area contributed by atoms with E-state index in [4.69, 9.17) is 18.6 Å². The van der Waals surface area contributed by atoms with E-state index in [2.05, 4.69) is 116 Å². The van der Waals surface area contributed by atoms with Crippen molar-refractivity contribution in [3.05, 3.63) is 94.9 Å². The molecule has 34 heavy (non-hydrogen) atoms. The third-order valence-corrected chi connectivity index (χ3v) is 6.83. The molecule has 4 aromatic rings. The fourth-order valence-corrected chi connectivity index (χ4v) is 5.31. The summed E-state index contributed by atoms with van der Waals surface area (Å²) in [6, 6.07) is 28.2. The SMILES string of the molecule is CN(C)c1ccc(C=C2c3ccccc3-c3c2sc(-c2ccccc2)[n+]3C)cc1.[O-][Cl+3]([O-])([O-])[O-]. The Morgan fingerprint density at radius 3 is 1.94 bits per heavy atom. The molecule has 0 bridgehead atoms. The van der Waals surface area contributed by atoms with E-state index in [1.807, 2.05) is 11.3 Å². The van der Waals surface area contributed by atoms with Crippen molar-refractivity contribution in [3.8, 4) is 21.8 Å². The van der Waals surface area contributed by atoms with Crippen molar-refractivity contribution in [1.82, 2.24) is 0 Å². The maximum absolute atomic E-state index is 8.49. The number of hydrogen-bond donors (Lipinski definition) is 0. The number of halogens is 1. The molecule has 0 amide bonds. The van der Waals surface area contributed by atoms with E-state index in [9.17, 15) is 0 Å². The van der Waals surface area contributed by atoms with Crippen LogP contribution in [0.2, 0.25) is 0 Å². The minimum absolute atomic E-state index is 1.22. The number of aromatic nitrogens is 1. The van der Waals surface area contributed by atoms with Crippen LogP contribution >= 0.6 is 11.3 Å². The zero-order valence-electron chi connectivity index (χ0n) is 18.9. The highest BCUT2D eigenvalue weighted by Crippen LogP contribution is 2.48. The smallest absolute Gasteiger partial charge is 0.269 e. The number of rotatable bonds is 3. The van der Waals surface area contributed by atoms with E-state index >= 15 is 0 Å². The highest BCUT2D eigenvalue weighted by atomic mass is 35.7. The fourth-order valence-electron chi connectivity index (χ4n) is 4.01. The topological polar surface area (TPSA) is 99.4 Å². The second kappa shape index (κ2) is 9.68. The largest absolute Gasteiger partial charge is 0.378 e. The third kappa shape index (κ3) is 5.20. The molecule has 1 aliphatic carbocycles. The lowest BCUT2D eigenvalue weighted by molar-refractivity contribution is -2.00. The molecule has 0 atom stereocenters. The minimum atomic E-state index is -4.94. The molecular formula is C26H23ClN2O4S. The van der Waals surface area contributed by atoms with Gasteiger partial charge in [0.25, 0.3) is 5.01 Å². The Morgan fingerprint density at radius 1 is 0.794 bits per heavy atom. The van der Waals surface area contributed by atoms with Gasteiger partial charge in [-0.25, -0.2) is 18.6 Å². The van der Waals surface area contributed by atoms with Gasteiger partial charge in [-0.3, -0.25) is 0 Å². The number of hydrogen-bond acceptors (Lipinski definition) is 6. The van der Waals surface area contributed by atoms with Gasteiger partial charge in [0.05, 0.1) is 11.1 Å². The lowest BCUT2D eigenvalue weighted by Crippen LogP contribution is -2.68. The van der Waals surface area contributed by atoms with Crippen LogP contribution in [-0.4, -0.2) is 14.1 Å². The molecule has 3 aromatic carbocycles. The molecule has 0 spiro atoms. The first-order chi connectivity index (χ1) is 16.1. The summed E-state index contributed by atoms with van der Waals surface area (Å²) in [5.74, 6) is 0. The predicted molar refractivity (Wildman–Crippen MR) is 124 cm³/mol. The lowest BCUT2D eigenvalue weighted by atomic mass is 10.0. The zero-order valence-corrected chi connectivity index (χ0v) is 20.5. The summed E-state index contributed by atoms with van der Waals surface area (Å²) < 4.78 is 36.3. The van der Waals surface area contributed by atoms with Crippen LogP contribution in [0, 0.1) is 10.2 Å². The molecule has 6 nitrogen and oxygen atoms in total. The summed E-state index contributed by atoms with van der Waals surface area (Å²) in [5, 5.41) is 1.29. The summed E-state index contributed by atoms with van der Waals surface area (Å²) in [6.07, 6.45) is 2.33. The quantitative estimate of drug-likeness (QED) is 0.350. The summed E-state index contributed by atoms with van der Waals surface area (Å²) in [4.78, 5) is 3.48. The van der Waals surface area contributed by atoms with Gasteiger partial charge in [-0.2, -0.15) is 4.57 Å². The molecule has 0 radical (unpaired) electrons. The van der Waals surface area contributed by atoms with Crippen molar-refractivity contribution in [2.75, 3.05) is 19.0 Å². The standard InChI is InChI=1S/C26H23N2S.ClHO4/c1-27(2)20-15-13-18(14-16-20)17-23-21-11-7-8-12-22(21)24-25(23)29-26(28(24)3)19-9-5-4-6-10-19;2-1(3,4)5/h4-17H,1-3H3;(H,2,3,4,5)/q+1;/p-1. The van der Waals surface area contributed by atoms with Crippen LogP contribution in [0.15, 0.2) is 78.9 Å². The Labute approximate surface area is 204 Å². The highest BCUT2D eigenvalue weighted by Gasteiger charge is 2.36. The summed E-state index contributed by atoms with van der Waals surface area (Å²) in [7, 11) is 1.39. The molecule has 1 aromatic heterocycles. The Balaban J connectivity index is 0.000000499. The van der Waals surface area contributed by atoms with Gasteiger partial charge in [-0.15, -0.1) is 10.2 Å². The van der Waals surface area contributed by atoms with Crippen LogP contribution in [0.5, 0.6) is 0 Å². The Bertz CT molecular complexity index is 1320. The van der Waals surface area contributed by atoms with Crippen LogP contribution in [0.1, 0.15) is 16.0 Å². The second-order valence-corrected chi connectivity index (χ2v) is 9.73. The number of thiazole rings is 1. The molecule has 0 aliphatic heterocycles. The maximum Gasteiger partial charge on any atom is 0.269 e. The predicted octanol–water partition coefficient (Wildman–Crippen LogP) is 1.12. The third-order valence-electron chi connectivity index (χ3n) is 5.51. The summed E-state index contributed by atoms with van der Waals surface area (Å²) in [6.45, 7) is 0. The molecule has 0 unspecified atom stereocenters. The van der Waals surface area contributed by atoms with E-state index in [1.54, 1.807) is 0 Å². The highest BCUT2D eigenvalue weighted by molar-refractivity contribution is 7.16. The minimum Gasteiger partial charge on any atom is -0.378 e. The molecule has 8 heteroatoms. The first-order valence-corrected chi connectivity index (χ1v) is 12.5. The van der Waals surface area contributed by atoms with Gasteiger partial charge in [0, 0.05) is 25.4 Å². The summed E-state index contributed by atoms with van der Waals surface area (Å²) in [5.41, 5.74) is 8.98. The second-order valence-electron chi connectivity index (χ2n) is 7.98. The number of nitrogens with zero attached hydrogens (tertiary/aromatic N) is 2. The van der Waals surface area contributed by atoms with Gasteiger partial charge in [-0.1, -0.05) is 59.9 Å². The molecule has 5 rings (SSSR count). The van der Waals surface area contributed by atoms with Gasteiger partial charge >= 0.3 is 0 Å². The van der Waals surface area contributed by atoms with Gasteiger partial charge in [0.1, 0.15) is 11.9 Å². The van der Waals surface area contributed by atoms with Crippen molar-refractivity contribution in [3.63, 3.8) is 0 Å². The molecule has 0 saturated carbocycles. The Kier molecular flexibility index (Phi) is 6.86. The average Bonchev–Trinajstić information content (AvgIpc) is 3.29. The molecule has 0 N–H and O–H groups in total. The van der Waals surface area contributed by atoms with E-state index in [0.717, 1.165) is 0 Å². The van der Waals surface area contributed by atoms with E-state index < -0.39 is 10.2 Å². The summed E-state index contributed by atoms with van der Waals surface area (Å²) >= 11 is 1.88. The molecule has 0 saturated heterocycles. The fraction of sp³-hybridized carbons (Fsp3) is 0.115. The maximum atomic E-state index is 8.49. The van der Waals surface area contributed by atoms with Gasteiger partial charge < -0.3 is 4.90 Å². The lowest BCUT2D eigenvalue weighted by Gasteiger charge is -2.17. The number of benzene rings is 3. The first-order valence-electron chi connectivity index (χ1n) is 10.4. The van der Waals surface area contributed by atoms with Crippen molar-refractivity contribution >= 4 is 28.7 Å². The molecule has 1 aliphatic rings. The van der Waals surface area contributed by atoms with E-state index in [-0.39, 0.29) is 0 Å². The van der Waals surface area contributed by atoms with Crippen molar-refractivity contribution in [2.24, 2.45) is 7.05 Å². The molecule has 1 heterocycles. The molecular weight excluding hydrogens is 472 g/mol. The van der Waals surface area contributed by atoms with Gasteiger partial charge in [0.2, 0.25) is 5.69 Å². The molecule has 0 fully saturated rings. The van der Waals surface area contributed by atoms with Gasteiger partial charge in [0.15, 0.2) is 0 Å². The first kappa shape index (κ1) is 24.1. The van der Waals surface area contributed by atoms with Crippen LogP contribution in [0.3, 0.4) is 0 Å². The normalized spacial score (nSPS) is 13.2. The van der Waals surface area contributed by atoms with E-state index in [1.165, 1.54) is 49.1 Å². The zero-order chi connectivity index (χ0) is 24.5. The van der Waals surface area contributed by atoms with Crippen LogP contribution in [0.25, 0.3) is 33.5 Å². The Morgan fingerprint density at radius 2 is 1.35 bits per heavy atom. The average molecular weight is 495 g/mol. The molecule has 174 valence electrons. The monoisotopic (exact) mass is 494 g/mol. The number of anilines is 1. The van der Waals surface area contributed by atoms with Crippen molar-refractivity contribution in [2.45, 2.75) is 0 Å². The van der Waals surface area contributed by atoms with Gasteiger partial charge in [-0.05, 0) is 47.5 Å². The van der Waals surface area contributed by atoms with Crippen molar-refractivity contribution in [1.29, 1.82) is 0 Å². The number of fused-ring (bicyclic) bond motifs is 3. The van der Waals surface area contributed by atoms with Crippen LogP contribution in [0.4, 0.5) is 5.69 Å². The van der Waals surface area contributed by atoms with E-state index in [0.29, 0.717) is 0 Å². The van der Waals surface area contributed by atoms with Crippen LogP contribution in [-0.2, 0) is 7.05 Å². The Hall–Kier alpha value is -3.04. The van der Waals surface area contributed by atoms with Crippen LogP contribution < -0.4 is 28.1 Å².